The minimum Gasteiger partial charge on any atom is -0.481 e. The van der Waals surface area contributed by atoms with E-state index in [1.165, 1.54) is 0 Å². The first-order valence-electron chi connectivity index (χ1n) is 6.38. The van der Waals surface area contributed by atoms with Crippen LogP contribution in [0.2, 0.25) is 0 Å². The van der Waals surface area contributed by atoms with E-state index in [2.05, 4.69) is 10.6 Å². The summed E-state index contributed by atoms with van der Waals surface area (Å²) >= 11 is 0. The van der Waals surface area contributed by atoms with Gasteiger partial charge >= 0.3 is 12.0 Å². The van der Waals surface area contributed by atoms with E-state index in [1.54, 1.807) is 7.11 Å². The van der Waals surface area contributed by atoms with Gasteiger partial charge in [0, 0.05) is 20.2 Å². The van der Waals surface area contributed by atoms with Crippen molar-refractivity contribution in [3.05, 3.63) is 0 Å². The van der Waals surface area contributed by atoms with Crippen molar-refractivity contribution < 1.29 is 19.4 Å². The number of rotatable bonds is 6. The molecular weight excluding hydrogens is 236 g/mol. The Labute approximate surface area is 107 Å². The van der Waals surface area contributed by atoms with E-state index in [9.17, 15) is 9.59 Å². The molecule has 1 saturated carbocycles. The maximum Gasteiger partial charge on any atom is 0.314 e. The van der Waals surface area contributed by atoms with E-state index in [4.69, 9.17) is 9.84 Å². The number of urea groups is 1. The summed E-state index contributed by atoms with van der Waals surface area (Å²) in [5.74, 6) is -0.408. The molecule has 6 nitrogen and oxygen atoms in total. The van der Waals surface area contributed by atoms with Gasteiger partial charge in [0.15, 0.2) is 0 Å². The SMILES string of the molecule is COC1CCC(CNC(=O)NCCC(=O)O)CC1. The van der Waals surface area contributed by atoms with Crippen molar-refractivity contribution >= 4 is 12.0 Å². The smallest absolute Gasteiger partial charge is 0.314 e. The molecule has 3 N–H and O–H groups in total. The number of hydrogen-bond acceptors (Lipinski definition) is 3. The Bertz CT molecular complexity index is 275. The van der Waals surface area contributed by atoms with Crippen LogP contribution in [0.5, 0.6) is 0 Å². The highest BCUT2D eigenvalue weighted by Gasteiger charge is 2.20. The first kappa shape index (κ1) is 14.8. The highest BCUT2D eigenvalue weighted by Crippen LogP contribution is 2.25. The third-order valence-corrected chi connectivity index (χ3v) is 3.30. The molecule has 2 amide bonds. The number of carbonyl (C=O) groups excluding carboxylic acids is 1. The van der Waals surface area contributed by atoms with Crippen molar-refractivity contribution in [2.75, 3.05) is 20.2 Å². The Balaban J connectivity index is 2.06. The number of aliphatic carboxylic acids is 1. The second-order valence-electron chi connectivity index (χ2n) is 4.66. The van der Waals surface area contributed by atoms with Crippen LogP contribution in [0.15, 0.2) is 0 Å². The molecule has 0 bridgehead atoms. The zero-order valence-corrected chi connectivity index (χ0v) is 10.8. The fraction of sp³-hybridized carbons (Fsp3) is 0.833. The molecule has 6 heteroatoms. The fourth-order valence-corrected chi connectivity index (χ4v) is 2.15. The van der Waals surface area contributed by atoms with E-state index in [0.29, 0.717) is 18.6 Å². The van der Waals surface area contributed by atoms with Gasteiger partial charge in [-0.05, 0) is 31.6 Å². The minimum atomic E-state index is -0.909. The molecule has 0 saturated heterocycles. The Morgan fingerprint density at radius 1 is 1.22 bits per heavy atom. The van der Waals surface area contributed by atoms with Crippen LogP contribution in [-0.4, -0.2) is 43.4 Å². The lowest BCUT2D eigenvalue weighted by Crippen LogP contribution is -2.40. The topological polar surface area (TPSA) is 87.7 Å². The lowest BCUT2D eigenvalue weighted by Gasteiger charge is -2.27. The Hall–Kier alpha value is -1.30. The van der Waals surface area contributed by atoms with Gasteiger partial charge in [-0.1, -0.05) is 0 Å². The predicted molar refractivity (Wildman–Crippen MR) is 66.4 cm³/mol. The number of hydrogen-bond donors (Lipinski definition) is 3. The number of carbonyl (C=O) groups is 2. The molecule has 104 valence electrons. The van der Waals surface area contributed by atoms with Crippen LogP contribution >= 0.6 is 0 Å². The third-order valence-electron chi connectivity index (χ3n) is 3.30. The summed E-state index contributed by atoms with van der Waals surface area (Å²) in [5.41, 5.74) is 0. The number of ether oxygens (including phenoxy) is 1. The second kappa shape index (κ2) is 7.92. The van der Waals surface area contributed by atoms with Crippen molar-refractivity contribution in [1.82, 2.24) is 10.6 Å². The molecule has 1 rings (SSSR count). The second-order valence-corrected chi connectivity index (χ2v) is 4.66. The predicted octanol–water partition coefficient (Wildman–Crippen LogP) is 0.965. The first-order chi connectivity index (χ1) is 8.61. The molecule has 0 atom stereocenters. The summed E-state index contributed by atoms with van der Waals surface area (Å²) in [5, 5.41) is 13.7. The van der Waals surface area contributed by atoms with Gasteiger partial charge in [0.1, 0.15) is 0 Å². The van der Waals surface area contributed by atoms with Gasteiger partial charge in [-0.25, -0.2) is 4.79 Å². The quantitative estimate of drug-likeness (QED) is 0.662. The van der Waals surface area contributed by atoms with Crippen LogP contribution in [0.3, 0.4) is 0 Å². The highest BCUT2D eigenvalue weighted by atomic mass is 16.5. The van der Waals surface area contributed by atoms with Gasteiger partial charge in [0.2, 0.25) is 0 Å². The molecule has 0 aromatic carbocycles. The fourth-order valence-electron chi connectivity index (χ4n) is 2.15. The maximum absolute atomic E-state index is 11.3. The zero-order valence-electron chi connectivity index (χ0n) is 10.8. The Morgan fingerprint density at radius 3 is 2.44 bits per heavy atom. The molecule has 18 heavy (non-hydrogen) atoms. The van der Waals surface area contributed by atoms with E-state index in [-0.39, 0.29) is 19.0 Å². The molecule has 0 spiro atoms. The van der Waals surface area contributed by atoms with E-state index in [1.807, 2.05) is 0 Å². The largest absolute Gasteiger partial charge is 0.481 e. The van der Waals surface area contributed by atoms with Crippen molar-refractivity contribution in [2.45, 2.75) is 38.2 Å². The highest BCUT2D eigenvalue weighted by molar-refractivity contribution is 5.74. The lowest BCUT2D eigenvalue weighted by atomic mass is 9.87. The number of carboxylic acids is 1. The summed E-state index contributed by atoms with van der Waals surface area (Å²) < 4.78 is 5.29. The van der Waals surface area contributed by atoms with E-state index < -0.39 is 5.97 Å². The molecule has 0 aromatic rings. The summed E-state index contributed by atoms with van der Waals surface area (Å²) in [6.45, 7) is 0.812. The molecule has 0 aromatic heterocycles. The molecule has 1 aliphatic carbocycles. The molecule has 1 fully saturated rings. The van der Waals surface area contributed by atoms with Crippen LogP contribution in [0, 0.1) is 5.92 Å². The van der Waals surface area contributed by atoms with Crippen molar-refractivity contribution in [3.8, 4) is 0 Å². The molecule has 0 aliphatic heterocycles. The van der Waals surface area contributed by atoms with Gasteiger partial charge < -0.3 is 20.5 Å². The van der Waals surface area contributed by atoms with Crippen LogP contribution in [0.1, 0.15) is 32.1 Å². The zero-order chi connectivity index (χ0) is 13.4. The number of carboxylic acid groups (broad SMARTS) is 1. The molecular formula is C12H22N2O4. The van der Waals surface area contributed by atoms with Gasteiger partial charge in [-0.15, -0.1) is 0 Å². The van der Waals surface area contributed by atoms with Gasteiger partial charge in [-0.3, -0.25) is 4.79 Å². The normalized spacial score (nSPS) is 23.4. The standard InChI is InChI=1S/C12H22N2O4/c1-18-10-4-2-9(3-5-10)8-14-12(17)13-7-6-11(15)16/h9-10H,2-8H2,1H3,(H,15,16)(H2,13,14,17). The lowest BCUT2D eigenvalue weighted by molar-refractivity contribution is -0.136. The molecule has 1 aliphatic rings. The number of nitrogens with one attached hydrogen (secondary N) is 2. The maximum atomic E-state index is 11.3. The first-order valence-corrected chi connectivity index (χ1v) is 6.38. The van der Waals surface area contributed by atoms with Crippen LogP contribution < -0.4 is 10.6 Å². The van der Waals surface area contributed by atoms with E-state index in [0.717, 1.165) is 25.7 Å². The van der Waals surface area contributed by atoms with Gasteiger partial charge in [-0.2, -0.15) is 0 Å². The molecule has 0 heterocycles. The van der Waals surface area contributed by atoms with Gasteiger partial charge in [0.05, 0.1) is 12.5 Å². The number of methoxy groups -OCH3 is 1. The van der Waals surface area contributed by atoms with Gasteiger partial charge in [0.25, 0.3) is 0 Å². The summed E-state index contributed by atoms with van der Waals surface area (Å²) in [7, 11) is 1.74. The Kier molecular flexibility index (Phi) is 6.49. The summed E-state index contributed by atoms with van der Waals surface area (Å²) in [6.07, 6.45) is 4.53. The molecule has 0 unspecified atom stereocenters. The molecule has 0 radical (unpaired) electrons. The van der Waals surface area contributed by atoms with E-state index >= 15 is 0 Å². The Morgan fingerprint density at radius 2 is 1.89 bits per heavy atom. The summed E-state index contributed by atoms with van der Waals surface area (Å²) in [6, 6.07) is -0.287. The number of amides is 2. The van der Waals surface area contributed by atoms with Crippen LogP contribution in [0.4, 0.5) is 4.79 Å². The van der Waals surface area contributed by atoms with Crippen molar-refractivity contribution in [1.29, 1.82) is 0 Å². The minimum absolute atomic E-state index is 0.0492. The van der Waals surface area contributed by atoms with Crippen molar-refractivity contribution in [3.63, 3.8) is 0 Å². The van der Waals surface area contributed by atoms with Crippen LogP contribution in [-0.2, 0) is 9.53 Å². The van der Waals surface area contributed by atoms with Crippen LogP contribution in [0.25, 0.3) is 0 Å². The average Bonchev–Trinajstić information content (AvgIpc) is 2.36. The third kappa shape index (κ3) is 5.86. The monoisotopic (exact) mass is 258 g/mol. The average molecular weight is 258 g/mol. The summed E-state index contributed by atoms with van der Waals surface area (Å²) in [4.78, 5) is 21.6. The van der Waals surface area contributed by atoms with Crippen molar-refractivity contribution in [2.24, 2.45) is 5.92 Å².